The summed E-state index contributed by atoms with van der Waals surface area (Å²) in [7, 11) is 0. The Kier molecular flexibility index (Phi) is 7.12. The predicted molar refractivity (Wildman–Crippen MR) is 124 cm³/mol. The summed E-state index contributed by atoms with van der Waals surface area (Å²) in [6.07, 6.45) is 1.57. The second kappa shape index (κ2) is 10.8. The van der Waals surface area contributed by atoms with E-state index in [1.165, 1.54) is 12.1 Å². The van der Waals surface area contributed by atoms with Crippen LogP contribution in [0, 0.1) is 5.82 Å². The molecule has 0 saturated carbocycles. The molecular formula is C26H22FN3O3. The number of carbonyl (C=O) groups excluding carboxylic acids is 1. The normalized spacial score (nSPS) is 10.3. The number of carbonyl (C=O) groups is 1. The van der Waals surface area contributed by atoms with E-state index in [1.54, 1.807) is 30.5 Å². The van der Waals surface area contributed by atoms with E-state index in [0.717, 1.165) is 11.3 Å². The number of benzene rings is 3. The molecule has 4 aromatic rings. The second-order valence-corrected chi connectivity index (χ2v) is 7.09. The molecule has 1 aromatic heterocycles. The molecule has 0 unspecified atom stereocenters. The fourth-order valence-electron chi connectivity index (χ4n) is 3.08. The van der Waals surface area contributed by atoms with Crippen LogP contribution in [-0.2, 0) is 13.2 Å². The third kappa shape index (κ3) is 6.30. The number of amides is 2. The number of aromatic nitrogens is 1. The smallest absolute Gasteiger partial charge is 0.319 e. The van der Waals surface area contributed by atoms with Crippen LogP contribution in [0.3, 0.4) is 0 Å². The number of ether oxygens (including phenoxy) is 2. The lowest BCUT2D eigenvalue weighted by Gasteiger charge is -2.14. The van der Waals surface area contributed by atoms with Crippen molar-refractivity contribution in [2.75, 3.05) is 5.32 Å². The third-order valence-electron chi connectivity index (χ3n) is 4.70. The molecule has 6 nitrogen and oxygen atoms in total. The number of hydrogen-bond acceptors (Lipinski definition) is 4. The van der Waals surface area contributed by atoms with Gasteiger partial charge in [0, 0.05) is 35.6 Å². The minimum absolute atomic E-state index is 0.174. The van der Waals surface area contributed by atoms with Gasteiger partial charge in [-0.3, -0.25) is 0 Å². The standard InChI is InChI=1S/C26H22FN3O3/c27-21-10-6-13-23(16-21)33-25-19(9-7-15-28-25)17-29-26(31)30-24-14-5-4-8-20(24)18-32-22-11-2-1-3-12-22/h1-16H,17-18H2,(H2,29,30,31). The molecule has 3 aromatic carbocycles. The topological polar surface area (TPSA) is 72.5 Å². The van der Waals surface area contributed by atoms with Crippen LogP contribution < -0.4 is 20.1 Å². The number of halogens is 1. The molecule has 0 aliphatic heterocycles. The Morgan fingerprint density at radius 2 is 1.61 bits per heavy atom. The molecule has 0 fully saturated rings. The summed E-state index contributed by atoms with van der Waals surface area (Å²) in [6, 6.07) is 25.8. The molecule has 1 heterocycles. The van der Waals surface area contributed by atoms with Crippen molar-refractivity contribution in [3.63, 3.8) is 0 Å². The molecule has 0 saturated heterocycles. The van der Waals surface area contributed by atoms with Crippen LogP contribution in [0.4, 0.5) is 14.9 Å². The molecule has 0 aliphatic carbocycles. The molecule has 2 N–H and O–H groups in total. The van der Waals surface area contributed by atoms with Gasteiger partial charge in [0.1, 0.15) is 23.9 Å². The first-order valence-corrected chi connectivity index (χ1v) is 10.4. The Morgan fingerprint density at radius 1 is 0.848 bits per heavy atom. The maximum absolute atomic E-state index is 13.4. The highest BCUT2D eigenvalue weighted by atomic mass is 19.1. The zero-order chi connectivity index (χ0) is 22.9. The minimum atomic E-state index is -0.405. The number of pyridine rings is 1. The largest absolute Gasteiger partial charge is 0.489 e. The summed E-state index contributed by atoms with van der Waals surface area (Å²) >= 11 is 0. The summed E-state index contributed by atoms with van der Waals surface area (Å²) in [4.78, 5) is 16.8. The SMILES string of the molecule is O=C(NCc1cccnc1Oc1cccc(F)c1)Nc1ccccc1COc1ccccc1. The van der Waals surface area contributed by atoms with Crippen LogP contribution in [-0.4, -0.2) is 11.0 Å². The minimum Gasteiger partial charge on any atom is -0.489 e. The molecule has 33 heavy (non-hydrogen) atoms. The number of urea groups is 1. The van der Waals surface area contributed by atoms with E-state index >= 15 is 0 Å². The zero-order valence-corrected chi connectivity index (χ0v) is 17.7. The van der Waals surface area contributed by atoms with Crippen molar-refractivity contribution in [3.8, 4) is 17.4 Å². The summed E-state index contributed by atoms with van der Waals surface area (Å²) < 4.78 is 24.9. The van der Waals surface area contributed by atoms with Gasteiger partial charge in [-0.05, 0) is 36.4 Å². The van der Waals surface area contributed by atoms with Crippen LogP contribution in [0.25, 0.3) is 0 Å². The van der Waals surface area contributed by atoms with E-state index in [0.29, 0.717) is 29.5 Å². The number of nitrogens with zero attached hydrogens (tertiary/aromatic N) is 1. The van der Waals surface area contributed by atoms with Crippen LogP contribution in [0.5, 0.6) is 17.4 Å². The average Bonchev–Trinajstić information content (AvgIpc) is 2.84. The van der Waals surface area contributed by atoms with Gasteiger partial charge in [0.2, 0.25) is 5.88 Å². The second-order valence-electron chi connectivity index (χ2n) is 7.09. The van der Waals surface area contributed by atoms with Crippen LogP contribution >= 0.6 is 0 Å². The maximum atomic E-state index is 13.4. The van der Waals surface area contributed by atoms with Gasteiger partial charge >= 0.3 is 6.03 Å². The third-order valence-corrected chi connectivity index (χ3v) is 4.70. The van der Waals surface area contributed by atoms with Gasteiger partial charge in [0.25, 0.3) is 0 Å². The van der Waals surface area contributed by atoms with Crippen LogP contribution in [0.2, 0.25) is 0 Å². The molecular weight excluding hydrogens is 421 g/mol. The average molecular weight is 443 g/mol. The fourth-order valence-corrected chi connectivity index (χ4v) is 3.08. The number of rotatable bonds is 8. The van der Waals surface area contributed by atoms with Crippen molar-refractivity contribution < 1.29 is 18.7 Å². The Morgan fingerprint density at radius 3 is 2.45 bits per heavy atom. The lowest BCUT2D eigenvalue weighted by atomic mass is 10.2. The maximum Gasteiger partial charge on any atom is 0.319 e. The lowest BCUT2D eigenvalue weighted by molar-refractivity contribution is 0.251. The highest BCUT2D eigenvalue weighted by Gasteiger charge is 2.11. The van der Waals surface area contributed by atoms with E-state index in [-0.39, 0.29) is 12.6 Å². The van der Waals surface area contributed by atoms with Gasteiger partial charge in [-0.25, -0.2) is 14.2 Å². The van der Waals surface area contributed by atoms with Gasteiger partial charge in [-0.2, -0.15) is 0 Å². The van der Waals surface area contributed by atoms with E-state index in [4.69, 9.17) is 9.47 Å². The molecule has 166 valence electrons. The first kappa shape index (κ1) is 21.8. The Hall–Kier alpha value is -4.39. The summed E-state index contributed by atoms with van der Waals surface area (Å²) in [5.41, 5.74) is 2.14. The summed E-state index contributed by atoms with van der Waals surface area (Å²) in [6.45, 7) is 0.488. The van der Waals surface area contributed by atoms with Crippen molar-refractivity contribution in [2.24, 2.45) is 0 Å². The van der Waals surface area contributed by atoms with Gasteiger partial charge in [0.05, 0.1) is 0 Å². The van der Waals surface area contributed by atoms with Crippen molar-refractivity contribution in [2.45, 2.75) is 13.2 Å². The molecule has 2 amide bonds. The van der Waals surface area contributed by atoms with Gasteiger partial charge in [-0.15, -0.1) is 0 Å². The molecule has 0 atom stereocenters. The van der Waals surface area contributed by atoms with E-state index in [9.17, 15) is 9.18 Å². The van der Waals surface area contributed by atoms with Crippen molar-refractivity contribution in [1.29, 1.82) is 0 Å². The number of hydrogen-bond donors (Lipinski definition) is 2. The number of nitrogens with one attached hydrogen (secondary N) is 2. The highest BCUT2D eigenvalue weighted by Crippen LogP contribution is 2.23. The Bertz CT molecular complexity index is 1220. The molecule has 0 bridgehead atoms. The van der Waals surface area contributed by atoms with E-state index in [1.807, 2.05) is 54.6 Å². The van der Waals surface area contributed by atoms with Gasteiger partial charge < -0.3 is 20.1 Å². The van der Waals surface area contributed by atoms with Crippen LogP contribution in [0.1, 0.15) is 11.1 Å². The predicted octanol–water partition coefficient (Wildman–Crippen LogP) is 5.91. The first-order valence-electron chi connectivity index (χ1n) is 10.4. The number of anilines is 1. The van der Waals surface area contributed by atoms with E-state index in [2.05, 4.69) is 15.6 Å². The fraction of sp³-hybridized carbons (Fsp3) is 0.0769. The number of para-hydroxylation sites is 2. The van der Waals surface area contributed by atoms with Crippen molar-refractivity contribution in [3.05, 3.63) is 114 Å². The van der Waals surface area contributed by atoms with Gasteiger partial charge in [-0.1, -0.05) is 48.5 Å². The summed E-state index contributed by atoms with van der Waals surface area (Å²) in [5.74, 6) is 0.961. The molecule has 0 spiro atoms. The monoisotopic (exact) mass is 443 g/mol. The zero-order valence-electron chi connectivity index (χ0n) is 17.7. The first-order chi connectivity index (χ1) is 16.2. The van der Waals surface area contributed by atoms with E-state index < -0.39 is 5.82 Å². The van der Waals surface area contributed by atoms with Crippen molar-refractivity contribution >= 4 is 11.7 Å². The van der Waals surface area contributed by atoms with Crippen LogP contribution in [0.15, 0.2) is 97.2 Å². The summed E-state index contributed by atoms with van der Waals surface area (Å²) in [5, 5.41) is 5.65. The molecule has 7 heteroatoms. The Balaban J connectivity index is 1.37. The quantitative estimate of drug-likeness (QED) is 0.355. The highest BCUT2D eigenvalue weighted by molar-refractivity contribution is 5.90. The molecule has 0 aliphatic rings. The van der Waals surface area contributed by atoms with Crippen molar-refractivity contribution in [1.82, 2.24) is 10.3 Å². The molecule has 0 radical (unpaired) electrons. The van der Waals surface area contributed by atoms with Gasteiger partial charge in [0.15, 0.2) is 0 Å². The molecule has 4 rings (SSSR count). The lowest BCUT2D eigenvalue weighted by Crippen LogP contribution is -2.28. The Labute approximate surface area is 191 Å².